The molecule has 1 saturated heterocycles. The van der Waals surface area contributed by atoms with Gasteiger partial charge >= 0.3 is 11.9 Å². The molecule has 1 aliphatic rings. The number of carboxylic acids is 2. The van der Waals surface area contributed by atoms with E-state index in [9.17, 15) is 0 Å². The van der Waals surface area contributed by atoms with E-state index in [1.54, 1.807) is 11.3 Å². The number of rotatable bonds is 2. The van der Waals surface area contributed by atoms with Gasteiger partial charge in [0.05, 0.1) is 16.1 Å². The zero-order valence-electron chi connectivity index (χ0n) is 15.3. The molecular formula is C19H20N4O4S. The summed E-state index contributed by atoms with van der Waals surface area (Å²) in [6.45, 7) is 4.09. The summed E-state index contributed by atoms with van der Waals surface area (Å²) in [5.41, 5.74) is 2.07. The van der Waals surface area contributed by atoms with Crippen LogP contribution in [0.15, 0.2) is 41.8 Å². The van der Waals surface area contributed by atoms with Gasteiger partial charge < -0.3 is 20.0 Å². The van der Waals surface area contributed by atoms with Crippen molar-refractivity contribution in [2.45, 2.75) is 0 Å². The Morgan fingerprint density at radius 2 is 1.64 bits per heavy atom. The number of aliphatic carboxylic acids is 2. The topological polar surface area (TPSA) is 107 Å². The third kappa shape index (κ3) is 4.62. The molecular weight excluding hydrogens is 380 g/mol. The van der Waals surface area contributed by atoms with E-state index in [1.165, 1.54) is 4.88 Å². The predicted molar refractivity (Wildman–Crippen MR) is 108 cm³/mol. The molecule has 1 fully saturated rings. The van der Waals surface area contributed by atoms with Crippen LogP contribution in [-0.2, 0) is 9.59 Å². The van der Waals surface area contributed by atoms with E-state index < -0.39 is 11.9 Å². The second-order valence-corrected chi connectivity index (χ2v) is 7.21. The largest absolute Gasteiger partial charge is 0.473 e. The Kier molecular flexibility index (Phi) is 6.17. The third-order valence-corrected chi connectivity index (χ3v) is 5.19. The van der Waals surface area contributed by atoms with Gasteiger partial charge in [0.25, 0.3) is 0 Å². The first-order chi connectivity index (χ1) is 13.5. The normalized spacial score (nSPS) is 14.4. The molecule has 1 aliphatic heterocycles. The molecule has 0 atom stereocenters. The number of carbonyl (C=O) groups is 2. The summed E-state index contributed by atoms with van der Waals surface area (Å²) in [7, 11) is 2.16. The first-order valence-electron chi connectivity index (χ1n) is 8.66. The highest BCUT2D eigenvalue weighted by atomic mass is 32.1. The van der Waals surface area contributed by atoms with Crippen molar-refractivity contribution in [1.82, 2.24) is 14.9 Å². The van der Waals surface area contributed by atoms with Crippen LogP contribution in [-0.4, -0.2) is 70.2 Å². The maximum Gasteiger partial charge on any atom is 0.414 e. The van der Waals surface area contributed by atoms with Crippen molar-refractivity contribution >= 4 is 40.1 Å². The number of para-hydroxylation sites is 1. The Bertz CT molecular complexity index is 957. The number of anilines is 1. The lowest BCUT2D eigenvalue weighted by Crippen LogP contribution is -2.45. The molecule has 8 nitrogen and oxygen atoms in total. The van der Waals surface area contributed by atoms with Crippen LogP contribution in [0.3, 0.4) is 0 Å². The molecule has 9 heteroatoms. The van der Waals surface area contributed by atoms with Gasteiger partial charge in [0.15, 0.2) is 0 Å². The highest BCUT2D eigenvalue weighted by Crippen LogP contribution is 2.31. The van der Waals surface area contributed by atoms with E-state index in [2.05, 4.69) is 52.6 Å². The Hall–Kier alpha value is -3.04. The van der Waals surface area contributed by atoms with E-state index >= 15 is 0 Å². The number of benzene rings is 1. The molecule has 1 aromatic carbocycles. The summed E-state index contributed by atoms with van der Waals surface area (Å²) in [5.74, 6) is -2.79. The highest BCUT2D eigenvalue weighted by Gasteiger charge is 2.19. The molecule has 0 bridgehead atoms. The van der Waals surface area contributed by atoms with Crippen LogP contribution < -0.4 is 4.90 Å². The van der Waals surface area contributed by atoms with E-state index in [1.807, 2.05) is 6.07 Å². The van der Waals surface area contributed by atoms with Crippen molar-refractivity contribution in [3.8, 4) is 10.6 Å². The van der Waals surface area contributed by atoms with Crippen LogP contribution in [0.5, 0.6) is 0 Å². The Morgan fingerprint density at radius 3 is 2.25 bits per heavy atom. The van der Waals surface area contributed by atoms with Crippen LogP contribution >= 0.6 is 11.3 Å². The van der Waals surface area contributed by atoms with Gasteiger partial charge in [-0.25, -0.2) is 19.6 Å². The molecule has 3 aromatic rings. The minimum absolute atomic E-state index is 0.857. The maximum absolute atomic E-state index is 9.10. The molecule has 0 amide bonds. The maximum atomic E-state index is 9.10. The molecule has 4 rings (SSSR count). The van der Waals surface area contributed by atoms with Gasteiger partial charge in [-0.3, -0.25) is 0 Å². The van der Waals surface area contributed by atoms with Crippen LogP contribution in [0.1, 0.15) is 0 Å². The predicted octanol–water partition coefficient (Wildman–Crippen LogP) is 2.27. The fraction of sp³-hybridized carbons (Fsp3) is 0.263. The number of hydrogen-bond donors (Lipinski definition) is 2. The molecule has 3 heterocycles. The van der Waals surface area contributed by atoms with Crippen LogP contribution in [0.2, 0.25) is 0 Å². The Labute approximate surface area is 165 Å². The lowest BCUT2D eigenvalue weighted by atomic mass is 10.1. The summed E-state index contributed by atoms with van der Waals surface area (Å²) in [6, 6.07) is 12.5. The molecule has 2 N–H and O–H groups in total. The number of hydrogen-bond acceptors (Lipinski definition) is 7. The van der Waals surface area contributed by atoms with Crippen LogP contribution in [0, 0.1) is 0 Å². The zero-order valence-corrected chi connectivity index (χ0v) is 16.1. The van der Waals surface area contributed by atoms with Gasteiger partial charge in [0, 0.05) is 31.6 Å². The molecule has 0 spiro atoms. The molecule has 0 radical (unpaired) electrons. The highest BCUT2D eigenvalue weighted by molar-refractivity contribution is 7.13. The molecule has 0 aliphatic carbocycles. The molecule has 0 unspecified atom stereocenters. The molecule has 0 saturated carbocycles. The van der Waals surface area contributed by atoms with Gasteiger partial charge in [0.2, 0.25) is 5.95 Å². The summed E-state index contributed by atoms with van der Waals surface area (Å²) in [6.07, 6.45) is 0. The van der Waals surface area contributed by atoms with Crippen molar-refractivity contribution in [2.24, 2.45) is 0 Å². The van der Waals surface area contributed by atoms with Crippen molar-refractivity contribution in [3.63, 3.8) is 0 Å². The number of nitrogens with zero attached hydrogens (tertiary/aromatic N) is 4. The van der Waals surface area contributed by atoms with Crippen molar-refractivity contribution in [3.05, 3.63) is 41.8 Å². The lowest BCUT2D eigenvalue weighted by Gasteiger charge is -2.32. The summed E-state index contributed by atoms with van der Waals surface area (Å²) < 4.78 is 0. The fourth-order valence-electron chi connectivity index (χ4n) is 2.81. The zero-order chi connectivity index (χ0) is 20.1. The monoisotopic (exact) mass is 400 g/mol. The number of likely N-dealkylation sites (N-methyl/N-ethyl adjacent to an activating group) is 1. The van der Waals surface area contributed by atoms with E-state index in [-0.39, 0.29) is 0 Å². The second-order valence-electron chi connectivity index (χ2n) is 6.27. The van der Waals surface area contributed by atoms with Gasteiger partial charge in [0.1, 0.15) is 0 Å². The first-order valence-corrected chi connectivity index (χ1v) is 9.54. The minimum Gasteiger partial charge on any atom is -0.473 e. The van der Waals surface area contributed by atoms with Gasteiger partial charge in [-0.05, 0) is 24.6 Å². The summed E-state index contributed by atoms with van der Waals surface area (Å²) >= 11 is 1.73. The minimum atomic E-state index is -1.82. The Balaban J connectivity index is 0.000000330. The first kappa shape index (κ1) is 19.7. The third-order valence-electron chi connectivity index (χ3n) is 4.32. The number of fused-ring (bicyclic) bond motifs is 1. The van der Waals surface area contributed by atoms with Crippen molar-refractivity contribution in [2.75, 3.05) is 38.1 Å². The number of piperazine rings is 1. The van der Waals surface area contributed by atoms with E-state index in [4.69, 9.17) is 29.8 Å². The van der Waals surface area contributed by atoms with Crippen molar-refractivity contribution in [1.29, 1.82) is 0 Å². The van der Waals surface area contributed by atoms with E-state index in [0.717, 1.165) is 48.7 Å². The summed E-state index contributed by atoms with van der Waals surface area (Å²) in [5, 5.41) is 18.0. The SMILES string of the molecule is CN1CCN(c2nc(-c3cccs3)c3ccccc3n2)CC1.O=C(O)C(=O)O. The molecule has 28 heavy (non-hydrogen) atoms. The van der Waals surface area contributed by atoms with Gasteiger partial charge in [-0.1, -0.05) is 24.3 Å². The molecule has 2 aromatic heterocycles. The number of aromatic nitrogens is 2. The number of thiophene rings is 1. The number of carboxylic acid groups (broad SMARTS) is 2. The van der Waals surface area contributed by atoms with Crippen LogP contribution in [0.25, 0.3) is 21.5 Å². The average molecular weight is 400 g/mol. The average Bonchev–Trinajstić information content (AvgIpc) is 3.23. The van der Waals surface area contributed by atoms with Gasteiger partial charge in [-0.15, -0.1) is 11.3 Å². The van der Waals surface area contributed by atoms with Crippen LogP contribution in [0.4, 0.5) is 5.95 Å². The van der Waals surface area contributed by atoms with Crippen molar-refractivity contribution < 1.29 is 19.8 Å². The molecule has 146 valence electrons. The quantitative estimate of drug-likeness (QED) is 0.631. The fourth-order valence-corrected chi connectivity index (χ4v) is 3.54. The standard InChI is InChI=1S/C17H18N4S.C2H2O4/c1-20-8-10-21(11-9-20)17-18-14-6-3-2-5-13(14)16(19-17)15-7-4-12-22-15;3-1(4)2(5)6/h2-7,12H,8-11H2,1H3;(H,3,4)(H,5,6). The smallest absolute Gasteiger partial charge is 0.414 e. The van der Waals surface area contributed by atoms with Gasteiger partial charge in [-0.2, -0.15) is 0 Å². The second kappa shape index (κ2) is 8.77. The van der Waals surface area contributed by atoms with E-state index in [0.29, 0.717) is 0 Å². The summed E-state index contributed by atoms with van der Waals surface area (Å²) in [4.78, 5) is 33.7. The Morgan fingerprint density at radius 1 is 0.964 bits per heavy atom. The lowest BCUT2D eigenvalue weighted by molar-refractivity contribution is -0.159.